The molecular formula is C54H34N2O. The van der Waals surface area contributed by atoms with Crippen LogP contribution in [0, 0.1) is 0 Å². The van der Waals surface area contributed by atoms with E-state index in [1.165, 1.54) is 54.1 Å². The van der Waals surface area contributed by atoms with Crippen LogP contribution in [0.15, 0.2) is 211 Å². The molecule has 0 saturated carbocycles. The topological polar surface area (TPSA) is 21.3 Å². The first-order valence-corrected chi connectivity index (χ1v) is 19.5. The van der Waals surface area contributed by atoms with Crippen molar-refractivity contribution in [1.29, 1.82) is 0 Å². The van der Waals surface area contributed by atoms with Crippen LogP contribution in [0.2, 0.25) is 0 Å². The predicted molar refractivity (Wildman–Crippen MR) is 241 cm³/mol. The molecule has 0 atom stereocenters. The molecule has 0 radical (unpaired) electrons. The Kier molecular flexibility index (Phi) is 6.93. The van der Waals surface area contributed by atoms with E-state index in [1.54, 1.807) is 0 Å². The van der Waals surface area contributed by atoms with Crippen molar-refractivity contribution in [2.24, 2.45) is 0 Å². The minimum Gasteiger partial charge on any atom is -0.456 e. The molecule has 0 unspecified atom stereocenters. The van der Waals surface area contributed by atoms with E-state index in [-0.39, 0.29) is 0 Å². The summed E-state index contributed by atoms with van der Waals surface area (Å²) >= 11 is 0. The molecule has 0 aliphatic rings. The minimum atomic E-state index is 0.900. The van der Waals surface area contributed by atoms with Crippen LogP contribution >= 0.6 is 0 Å². The first-order chi connectivity index (χ1) is 28.3. The fraction of sp³-hybridized carbons (Fsp3) is 0. The Bertz CT molecular complexity index is 3450. The van der Waals surface area contributed by atoms with Gasteiger partial charge in [-0.3, -0.25) is 0 Å². The number of anilines is 3. The van der Waals surface area contributed by atoms with Crippen LogP contribution in [0.25, 0.3) is 92.9 Å². The molecule has 0 spiro atoms. The van der Waals surface area contributed by atoms with Crippen molar-refractivity contribution >= 4 is 93.1 Å². The number of benzene rings is 10. The van der Waals surface area contributed by atoms with Crippen molar-refractivity contribution < 1.29 is 4.42 Å². The quantitative estimate of drug-likeness (QED) is 0.165. The lowest BCUT2D eigenvalue weighted by Crippen LogP contribution is -2.10. The maximum Gasteiger partial charge on any atom is 0.136 e. The summed E-state index contributed by atoms with van der Waals surface area (Å²) in [4.78, 5) is 2.40. The second-order valence-electron chi connectivity index (χ2n) is 14.9. The Labute approximate surface area is 328 Å². The molecule has 57 heavy (non-hydrogen) atoms. The Morgan fingerprint density at radius 1 is 0.298 bits per heavy atom. The minimum absolute atomic E-state index is 0.900. The Morgan fingerprint density at radius 2 is 0.789 bits per heavy atom. The number of hydrogen-bond donors (Lipinski definition) is 0. The van der Waals surface area contributed by atoms with Gasteiger partial charge in [-0.1, -0.05) is 133 Å². The molecular weight excluding hydrogens is 693 g/mol. The first-order valence-electron chi connectivity index (χ1n) is 19.5. The third-order valence-electron chi connectivity index (χ3n) is 11.7. The fourth-order valence-electron chi connectivity index (χ4n) is 9.16. The van der Waals surface area contributed by atoms with E-state index in [1.807, 2.05) is 12.1 Å². The van der Waals surface area contributed by atoms with Gasteiger partial charge in [0.1, 0.15) is 11.2 Å². The molecule has 0 aliphatic heterocycles. The monoisotopic (exact) mass is 726 g/mol. The van der Waals surface area contributed by atoms with Gasteiger partial charge in [-0.25, -0.2) is 0 Å². The number of aromatic nitrogens is 1. The zero-order chi connectivity index (χ0) is 37.5. The molecule has 3 heteroatoms. The highest BCUT2D eigenvalue weighted by atomic mass is 16.3. The molecule has 2 aromatic heterocycles. The SMILES string of the molecule is c1cc(N(c2ccc(-c3ccc4c(c3)oc3ccccc34)cc2)c2ccc3c4ccccc4c4ccccc4c3c2)cc(-n2c3ccccc3c3ccccc32)c1. The molecule has 12 rings (SSSR count). The number of rotatable bonds is 5. The summed E-state index contributed by atoms with van der Waals surface area (Å²) in [5, 5.41) is 12.3. The van der Waals surface area contributed by atoms with Gasteiger partial charge in [0.25, 0.3) is 0 Å². The lowest BCUT2D eigenvalue weighted by atomic mass is 9.94. The van der Waals surface area contributed by atoms with Crippen molar-refractivity contribution in [3.63, 3.8) is 0 Å². The van der Waals surface area contributed by atoms with Crippen LogP contribution < -0.4 is 4.90 Å². The summed E-state index contributed by atoms with van der Waals surface area (Å²) in [7, 11) is 0. The van der Waals surface area contributed by atoms with Crippen LogP contribution in [0.1, 0.15) is 0 Å². The van der Waals surface area contributed by atoms with E-state index in [2.05, 4.69) is 204 Å². The largest absolute Gasteiger partial charge is 0.456 e. The molecule has 3 nitrogen and oxygen atoms in total. The van der Waals surface area contributed by atoms with E-state index in [9.17, 15) is 0 Å². The summed E-state index contributed by atoms with van der Waals surface area (Å²) < 4.78 is 8.66. The number of fused-ring (bicyclic) bond motifs is 12. The molecule has 0 N–H and O–H groups in total. The molecule has 0 aliphatic carbocycles. The second kappa shape index (κ2) is 12.5. The smallest absolute Gasteiger partial charge is 0.136 e. The molecule has 266 valence electrons. The van der Waals surface area contributed by atoms with Gasteiger partial charge in [-0.05, 0) is 116 Å². The van der Waals surface area contributed by atoms with Gasteiger partial charge >= 0.3 is 0 Å². The molecule has 0 amide bonds. The number of hydrogen-bond acceptors (Lipinski definition) is 2. The molecule has 0 bridgehead atoms. The molecule has 0 fully saturated rings. The van der Waals surface area contributed by atoms with Gasteiger partial charge in [-0.15, -0.1) is 0 Å². The van der Waals surface area contributed by atoms with E-state index >= 15 is 0 Å². The van der Waals surface area contributed by atoms with Crippen LogP contribution in [0.3, 0.4) is 0 Å². The zero-order valence-corrected chi connectivity index (χ0v) is 30.9. The Morgan fingerprint density at radius 3 is 1.47 bits per heavy atom. The molecule has 2 heterocycles. The van der Waals surface area contributed by atoms with Gasteiger partial charge in [0.2, 0.25) is 0 Å². The van der Waals surface area contributed by atoms with E-state index in [0.717, 1.165) is 55.8 Å². The fourth-order valence-corrected chi connectivity index (χ4v) is 9.16. The van der Waals surface area contributed by atoms with E-state index in [4.69, 9.17) is 4.42 Å². The lowest BCUT2D eigenvalue weighted by Gasteiger charge is -2.27. The lowest BCUT2D eigenvalue weighted by molar-refractivity contribution is 0.669. The summed E-state index contributed by atoms with van der Waals surface area (Å²) in [6, 6.07) is 74.6. The van der Waals surface area contributed by atoms with Crippen molar-refractivity contribution in [2.45, 2.75) is 0 Å². The number of furan rings is 1. The van der Waals surface area contributed by atoms with Gasteiger partial charge in [0, 0.05) is 44.3 Å². The molecule has 10 aromatic carbocycles. The van der Waals surface area contributed by atoms with Crippen molar-refractivity contribution in [2.75, 3.05) is 4.90 Å². The molecule has 0 saturated heterocycles. The van der Waals surface area contributed by atoms with Gasteiger partial charge < -0.3 is 13.9 Å². The Balaban J connectivity index is 1.05. The maximum atomic E-state index is 6.27. The van der Waals surface area contributed by atoms with E-state index in [0.29, 0.717) is 0 Å². The van der Waals surface area contributed by atoms with Crippen molar-refractivity contribution in [1.82, 2.24) is 4.57 Å². The van der Waals surface area contributed by atoms with Gasteiger partial charge in [-0.2, -0.15) is 0 Å². The predicted octanol–water partition coefficient (Wildman–Crippen LogP) is 15.3. The standard InChI is InChI=1S/C54H34N2O/c1-2-16-43-41(14-1)42-15-3-4-17-44(42)50-34-40(29-31-45(43)50)55(37-27-24-35(25-28-37)36-26-30-49-48-20-7-10-23-53(48)57-54(49)32-36)38-12-11-13-39(33-38)56-51-21-8-5-18-46(51)47-19-6-9-22-52(47)56/h1-34H. The van der Waals surface area contributed by atoms with Crippen molar-refractivity contribution in [3.05, 3.63) is 206 Å². The van der Waals surface area contributed by atoms with Gasteiger partial charge in [0.15, 0.2) is 0 Å². The third kappa shape index (κ3) is 4.92. The third-order valence-corrected chi connectivity index (χ3v) is 11.7. The van der Waals surface area contributed by atoms with Crippen LogP contribution in [-0.4, -0.2) is 4.57 Å². The highest BCUT2D eigenvalue weighted by Gasteiger charge is 2.18. The average molecular weight is 727 g/mol. The normalized spacial score (nSPS) is 11.9. The highest BCUT2D eigenvalue weighted by Crippen LogP contribution is 2.43. The summed E-state index contributed by atoms with van der Waals surface area (Å²) in [5.41, 5.74) is 10.8. The van der Waals surface area contributed by atoms with Crippen LogP contribution in [0.5, 0.6) is 0 Å². The summed E-state index contributed by atoms with van der Waals surface area (Å²) in [6.07, 6.45) is 0. The summed E-state index contributed by atoms with van der Waals surface area (Å²) in [5.74, 6) is 0. The highest BCUT2D eigenvalue weighted by molar-refractivity contribution is 6.26. The van der Waals surface area contributed by atoms with E-state index < -0.39 is 0 Å². The molecule has 12 aromatic rings. The maximum absolute atomic E-state index is 6.27. The zero-order valence-electron chi connectivity index (χ0n) is 30.9. The van der Waals surface area contributed by atoms with Crippen molar-refractivity contribution in [3.8, 4) is 16.8 Å². The first kappa shape index (κ1) is 31.7. The van der Waals surface area contributed by atoms with Crippen LogP contribution in [-0.2, 0) is 0 Å². The average Bonchev–Trinajstić information content (AvgIpc) is 3.82. The number of para-hydroxylation sites is 3. The Hall–Kier alpha value is -7.62. The summed E-state index contributed by atoms with van der Waals surface area (Å²) in [6.45, 7) is 0. The van der Waals surface area contributed by atoms with Crippen LogP contribution in [0.4, 0.5) is 17.1 Å². The number of nitrogens with zero attached hydrogens (tertiary/aromatic N) is 2. The van der Waals surface area contributed by atoms with Gasteiger partial charge in [0.05, 0.1) is 11.0 Å². The second-order valence-corrected chi connectivity index (χ2v) is 14.9.